The van der Waals surface area contributed by atoms with Gasteiger partial charge in [-0.25, -0.2) is 4.39 Å². The summed E-state index contributed by atoms with van der Waals surface area (Å²) in [6, 6.07) is 5.28. The lowest BCUT2D eigenvalue weighted by molar-refractivity contribution is -0.104. The highest BCUT2D eigenvalue weighted by Gasteiger charge is 2.59. The minimum absolute atomic E-state index is 0.0241. The van der Waals surface area contributed by atoms with Crippen molar-refractivity contribution in [3.8, 4) is 0 Å². The molecule has 0 aromatic heterocycles. The highest BCUT2D eigenvalue weighted by Crippen LogP contribution is 2.64. The number of carbonyl (C=O) groups excluding carboxylic acids is 1. The SMILES string of the molecule is Cc1cc(C2=C(C=CC=O)C(C)(C)CC(C)(C(C)(C)C)C2(C)O[SiH3])ccc1F. The van der Waals surface area contributed by atoms with Gasteiger partial charge in [-0.1, -0.05) is 53.7 Å². The van der Waals surface area contributed by atoms with Crippen molar-refractivity contribution in [2.45, 2.75) is 67.4 Å². The number of benzene rings is 1. The number of hydrogen-bond donors (Lipinski definition) is 0. The molecule has 154 valence electrons. The van der Waals surface area contributed by atoms with E-state index in [9.17, 15) is 9.18 Å². The molecule has 2 unspecified atom stereocenters. The third kappa shape index (κ3) is 3.46. The van der Waals surface area contributed by atoms with E-state index in [0.717, 1.165) is 29.4 Å². The Morgan fingerprint density at radius 3 is 2.25 bits per heavy atom. The first-order chi connectivity index (χ1) is 12.7. The Balaban J connectivity index is 3.00. The van der Waals surface area contributed by atoms with E-state index < -0.39 is 5.60 Å². The highest BCUT2D eigenvalue weighted by molar-refractivity contribution is 6.00. The molecular weight excluding hydrogens is 367 g/mol. The fourth-order valence-electron chi connectivity index (χ4n) is 5.00. The second kappa shape index (κ2) is 7.38. The molecule has 1 aromatic carbocycles. The molecule has 28 heavy (non-hydrogen) atoms. The molecule has 1 aliphatic rings. The van der Waals surface area contributed by atoms with E-state index in [0.29, 0.717) is 16.0 Å². The van der Waals surface area contributed by atoms with Crippen molar-refractivity contribution in [2.75, 3.05) is 0 Å². The van der Waals surface area contributed by atoms with Gasteiger partial charge in [0.1, 0.15) is 22.6 Å². The Morgan fingerprint density at radius 1 is 1.18 bits per heavy atom. The molecule has 0 fully saturated rings. The first-order valence-electron chi connectivity index (χ1n) is 9.94. The van der Waals surface area contributed by atoms with E-state index in [-0.39, 0.29) is 22.1 Å². The van der Waals surface area contributed by atoms with Gasteiger partial charge in [0.15, 0.2) is 0 Å². The van der Waals surface area contributed by atoms with E-state index in [4.69, 9.17) is 4.43 Å². The number of rotatable bonds is 4. The van der Waals surface area contributed by atoms with Gasteiger partial charge in [-0.2, -0.15) is 0 Å². The minimum atomic E-state index is -0.556. The molecule has 1 aliphatic carbocycles. The first-order valence-corrected chi connectivity index (χ1v) is 10.8. The van der Waals surface area contributed by atoms with Crippen molar-refractivity contribution in [1.29, 1.82) is 0 Å². The summed E-state index contributed by atoms with van der Waals surface area (Å²) in [7, 11) is 0.574. The van der Waals surface area contributed by atoms with E-state index in [2.05, 4.69) is 48.5 Å². The molecule has 4 heteroatoms. The Hall–Kier alpha value is -1.52. The smallest absolute Gasteiger partial charge is 0.147 e. The zero-order valence-electron chi connectivity index (χ0n) is 18.9. The van der Waals surface area contributed by atoms with Crippen molar-refractivity contribution >= 4 is 22.3 Å². The fourth-order valence-corrected chi connectivity index (χ4v) is 5.66. The van der Waals surface area contributed by atoms with Crippen LogP contribution in [0.4, 0.5) is 4.39 Å². The van der Waals surface area contributed by atoms with Crippen LogP contribution in [0.5, 0.6) is 0 Å². The number of aldehydes is 1. The molecule has 2 atom stereocenters. The number of allylic oxidation sites excluding steroid dienone is 3. The Bertz CT molecular complexity index is 831. The van der Waals surface area contributed by atoms with Crippen LogP contribution in [0.2, 0.25) is 0 Å². The highest BCUT2D eigenvalue weighted by atomic mass is 28.2. The van der Waals surface area contributed by atoms with Gasteiger partial charge in [0.05, 0.1) is 5.60 Å². The topological polar surface area (TPSA) is 26.3 Å². The van der Waals surface area contributed by atoms with Crippen LogP contribution in [0.1, 0.15) is 66.0 Å². The van der Waals surface area contributed by atoms with Crippen LogP contribution in [0, 0.1) is 29.0 Å². The maximum Gasteiger partial charge on any atom is 0.147 e. The summed E-state index contributed by atoms with van der Waals surface area (Å²) in [6.45, 7) is 17.5. The van der Waals surface area contributed by atoms with Gasteiger partial charge in [0.2, 0.25) is 0 Å². The zero-order valence-corrected chi connectivity index (χ0v) is 20.9. The molecule has 0 N–H and O–H groups in total. The summed E-state index contributed by atoms with van der Waals surface area (Å²) < 4.78 is 20.5. The Kier molecular flexibility index (Phi) is 6.00. The Morgan fingerprint density at radius 2 is 1.79 bits per heavy atom. The summed E-state index contributed by atoms with van der Waals surface area (Å²) in [4.78, 5) is 11.1. The molecule has 2 nitrogen and oxygen atoms in total. The monoisotopic (exact) mass is 402 g/mol. The number of hydrogen-bond acceptors (Lipinski definition) is 2. The van der Waals surface area contributed by atoms with Crippen LogP contribution in [-0.4, -0.2) is 22.4 Å². The van der Waals surface area contributed by atoms with Gasteiger partial charge < -0.3 is 4.43 Å². The van der Waals surface area contributed by atoms with Crippen LogP contribution in [0.3, 0.4) is 0 Å². The van der Waals surface area contributed by atoms with Crippen molar-refractivity contribution < 1.29 is 13.6 Å². The molecule has 0 radical (unpaired) electrons. The molecule has 0 heterocycles. The zero-order chi connectivity index (χ0) is 21.5. The lowest BCUT2D eigenvalue weighted by Gasteiger charge is -2.61. The largest absolute Gasteiger partial charge is 0.418 e. The van der Waals surface area contributed by atoms with Crippen molar-refractivity contribution in [3.63, 3.8) is 0 Å². The average molecular weight is 403 g/mol. The third-order valence-electron chi connectivity index (χ3n) is 7.18. The van der Waals surface area contributed by atoms with E-state index in [1.807, 2.05) is 18.2 Å². The molecule has 0 saturated carbocycles. The summed E-state index contributed by atoms with van der Waals surface area (Å²) in [6.07, 6.45) is 5.21. The van der Waals surface area contributed by atoms with E-state index >= 15 is 0 Å². The second-order valence-corrected chi connectivity index (χ2v) is 10.5. The van der Waals surface area contributed by atoms with Crippen LogP contribution in [-0.2, 0) is 9.22 Å². The quantitative estimate of drug-likeness (QED) is 0.394. The van der Waals surface area contributed by atoms with Crippen LogP contribution < -0.4 is 0 Å². The molecule has 0 bridgehead atoms. The minimum Gasteiger partial charge on any atom is -0.418 e. The van der Waals surface area contributed by atoms with Crippen molar-refractivity contribution in [2.24, 2.45) is 16.2 Å². The van der Waals surface area contributed by atoms with Crippen molar-refractivity contribution in [1.82, 2.24) is 0 Å². The van der Waals surface area contributed by atoms with Gasteiger partial charge in [-0.15, -0.1) is 0 Å². The summed E-state index contributed by atoms with van der Waals surface area (Å²) in [5.74, 6) is -0.212. The molecule has 0 aliphatic heterocycles. The standard InChI is InChI=1S/C24H35FO2Si/c1-16-14-17(11-12-19(16)25)20-18(10-9-13-26)22(5,6)15-23(7,21(2,3)4)24(20,8)27-28/h9-14H,15H2,1-8,28H3. The molecule has 0 spiro atoms. The maximum atomic E-state index is 14.0. The third-order valence-corrected chi connectivity index (χ3v) is 7.99. The predicted molar refractivity (Wildman–Crippen MR) is 119 cm³/mol. The summed E-state index contributed by atoms with van der Waals surface area (Å²) in [5.41, 5.74) is 2.82. The van der Waals surface area contributed by atoms with Gasteiger partial charge in [-0.05, 0) is 71.6 Å². The lowest BCUT2D eigenvalue weighted by atomic mass is 9.47. The maximum absolute atomic E-state index is 14.0. The van der Waals surface area contributed by atoms with E-state index in [1.54, 1.807) is 13.0 Å². The van der Waals surface area contributed by atoms with Gasteiger partial charge in [0.25, 0.3) is 0 Å². The number of carbonyl (C=O) groups is 1. The summed E-state index contributed by atoms with van der Waals surface area (Å²) in [5, 5.41) is 0. The average Bonchev–Trinajstić information content (AvgIpc) is 2.58. The molecule has 2 rings (SSSR count). The normalized spacial score (nSPS) is 28.2. The second-order valence-electron chi connectivity index (χ2n) is 10.1. The molecule has 0 amide bonds. The summed E-state index contributed by atoms with van der Waals surface area (Å²) >= 11 is 0. The van der Waals surface area contributed by atoms with Crippen LogP contribution in [0.25, 0.3) is 5.57 Å². The van der Waals surface area contributed by atoms with E-state index in [1.165, 1.54) is 6.07 Å². The van der Waals surface area contributed by atoms with Gasteiger partial charge in [-0.3, -0.25) is 4.79 Å². The number of aryl methyl sites for hydroxylation is 1. The van der Waals surface area contributed by atoms with Gasteiger partial charge >= 0.3 is 0 Å². The Labute approximate surface area is 172 Å². The molecule has 0 saturated heterocycles. The lowest BCUT2D eigenvalue weighted by Crippen LogP contribution is -2.58. The van der Waals surface area contributed by atoms with Crippen molar-refractivity contribution in [3.05, 3.63) is 52.9 Å². The predicted octanol–water partition coefficient (Wildman–Crippen LogP) is 5.18. The first kappa shape index (κ1) is 22.8. The van der Waals surface area contributed by atoms with Crippen LogP contribution in [0.15, 0.2) is 35.9 Å². The molecular formula is C24H35FO2Si. The molecule has 1 aromatic rings. The number of halogens is 1. The van der Waals surface area contributed by atoms with Gasteiger partial charge in [0, 0.05) is 5.41 Å². The van der Waals surface area contributed by atoms with Crippen LogP contribution >= 0.6 is 0 Å². The fraction of sp³-hybridized carbons (Fsp3) is 0.542.